The van der Waals surface area contributed by atoms with Crippen LogP contribution in [0.4, 0.5) is 5.82 Å². The quantitative estimate of drug-likeness (QED) is 0.774. The van der Waals surface area contributed by atoms with Crippen LogP contribution in [0.15, 0.2) is 12.1 Å². The first kappa shape index (κ1) is 15.4. The van der Waals surface area contributed by atoms with Gasteiger partial charge in [0.1, 0.15) is 5.82 Å². The van der Waals surface area contributed by atoms with Crippen LogP contribution in [0.5, 0.6) is 0 Å². The lowest BCUT2D eigenvalue weighted by Gasteiger charge is -2.19. The summed E-state index contributed by atoms with van der Waals surface area (Å²) in [6.07, 6.45) is 0.848. The van der Waals surface area contributed by atoms with Gasteiger partial charge in [0.2, 0.25) is 0 Å². The predicted octanol–water partition coefficient (Wildman–Crippen LogP) is 2.53. The molecule has 0 saturated heterocycles. The van der Waals surface area contributed by atoms with Crippen LogP contribution in [0, 0.1) is 0 Å². The van der Waals surface area contributed by atoms with Crippen molar-refractivity contribution in [3.63, 3.8) is 0 Å². The van der Waals surface area contributed by atoms with E-state index >= 15 is 0 Å². The molecule has 0 atom stereocenters. The number of methoxy groups -OCH3 is 1. The van der Waals surface area contributed by atoms with Gasteiger partial charge < -0.3 is 15.2 Å². The number of pyridine rings is 1. The van der Waals surface area contributed by atoms with Crippen molar-refractivity contribution in [1.82, 2.24) is 4.98 Å². The van der Waals surface area contributed by atoms with Crippen molar-refractivity contribution in [3.05, 3.63) is 23.4 Å². The summed E-state index contributed by atoms with van der Waals surface area (Å²) in [4.78, 5) is 15.6. The van der Waals surface area contributed by atoms with Crippen molar-refractivity contribution in [1.29, 1.82) is 0 Å². The molecule has 0 aromatic carbocycles. The summed E-state index contributed by atoms with van der Waals surface area (Å²) in [6, 6.07) is 3.19. The Labute approximate surface area is 114 Å². The molecule has 0 saturated carbocycles. The van der Waals surface area contributed by atoms with Crippen molar-refractivity contribution in [2.75, 3.05) is 25.6 Å². The van der Waals surface area contributed by atoms with Crippen molar-refractivity contribution < 1.29 is 14.6 Å². The number of carbonyl (C=O) groups is 1. The summed E-state index contributed by atoms with van der Waals surface area (Å²) in [5, 5.41) is 12.3. The first-order chi connectivity index (χ1) is 8.84. The fourth-order valence-corrected chi connectivity index (χ4v) is 1.56. The monoisotopic (exact) mass is 266 g/mol. The SMILES string of the molecule is COCCCNc1cc(C(=O)O)cc(C(C)(C)C)n1. The maximum absolute atomic E-state index is 11.1. The second-order valence-corrected chi connectivity index (χ2v) is 5.45. The lowest BCUT2D eigenvalue weighted by atomic mass is 9.91. The number of carboxylic acid groups (broad SMARTS) is 1. The molecule has 0 fully saturated rings. The van der Waals surface area contributed by atoms with E-state index in [4.69, 9.17) is 9.84 Å². The number of nitrogens with zero attached hydrogens (tertiary/aromatic N) is 1. The third-order valence-corrected chi connectivity index (χ3v) is 2.67. The molecule has 0 bridgehead atoms. The molecule has 1 aromatic rings. The Hall–Kier alpha value is -1.62. The highest BCUT2D eigenvalue weighted by atomic mass is 16.5. The fourth-order valence-electron chi connectivity index (χ4n) is 1.56. The molecule has 5 nitrogen and oxygen atoms in total. The molecule has 0 aliphatic carbocycles. The van der Waals surface area contributed by atoms with Crippen LogP contribution in [0.2, 0.25) is 0 Å². The minimum Gasteiger partial charge on any atom is -0.478 e. The Kier molecular flexibility index (Phi) is 5.30. The van der Waals surface area contributed by atoms with E-state index in [0.29, 0.717) is 19.0 Å². The van der Waals surface area contributed by atoms with E-state index in [9.17, 15) is 4.79 Å². The van der Waals surface area contributed by atoms with E-state index in [0.717, 1.165) is 12.1 Å². The molecule has 1 aromatic heterocycles. The van der Waals surface area contributed by atoms with Crippen LogP contribution in [-0.2, 0) is 10.2 Å². The molecule has 5 heteroatoms. The molecule has 19 heavy (non-hydrogen) atoms. The number of aromatic nitrogens is 1. The van der Waals surface area contributed by atoms with Gasteiger partial charge in [-0.3, -0.25) is 0 Å². The number of nitrogens with one attached hydrogen (secondary N) is 1. The zero-order valence-corrected chi connectivity index (χ0v) is 12.0. The number of anilines is 1. The number of hydrogen-bond donors (Lipinski definition) is 2. The average molecular weight is 266 g/mol. The van der Waals surface area contributed by atoms with Crippen LogP contribution in [0.3, 0.4) is 0 Å². The molecule has 0 radical (unpaired) electrons. The van der Waals surface area contributed by atoms with Gasteiger partial charge in [-0.2, -0.15) is 0 Å². The second kappa shape index (κ2) is 6.52. The number of hydrogen-bond acceptors (Lipinski definition) is 4. The van der Waals surface area contributed by atoms with Gasteiger partial charge in [0.25, 0.3) is 0 Å². The van der Waals surface area contributed by atoms with E-state index in [-0.39, 0.29) is 11.0 Å². The molecule has 0 unspecified atom stereocenters. The van der Waals surface area contributed by atoms with Gasteiger partial charge >= 0.3 is 5.97 Å². The Balaban J connectivity index is 2.91. The van der Waals surface area contributed by atoms with E-state index in [1.165, 1.54) is 0 Å². The van der Waals surface area contributed by atoms with E-state index in [1.807, 2.05) is 20.8 Å². The topological polar surface area (TPSA) is 71.5 Å². The molecule has 1 heterocycles. The molecule has 106 valence electrons. The van der Waals surface area contributed by atoms with Crippen LogP contribution >= 0.6 is 0 Å². The first-order valence-corrected chi connectivity index (χ1v) is 6.33. The Bertz CT molecular complexity index is 439. The standard InChI is InChI=1S/C14H22N2O3/c1-14(2,3)11-8-10(13(17)18)9-12(16-11)15-6-5-7-19-4/h8-9H,5-7H2,1-4H3,(H,15,16)(H,17,18). The molecule has 0 aliphatic heterocycles. The number of aromatic carboxylic acids is 1. The normalized spacial score (nSPS) is 11.4. The van der Waals surface area contributed by atoms with Crippen LogP contribution < -0.4 is 5.32 Å². The van der Waals surface area contributed by atoms with Crippen molar-refractivity contribution >= 4 is 11.8 Å². The molecule has 1 rings (SSSR count). The summed E-state index contributed by atoms with van der Waals surface area (Å²) < 4.78 is 4.97. The van der Waals surface area contributed by atoms with Gasteiger partial charge in [-0.25, -0.2) is 9.78 Å². The molecular weight excluding hydrogens is 244 g/mol. The number of carboxylic acids is 1. The summed E-state index contributed by atoms with van der Waals surface area (Å²) in [7, 11) is 1.65. The highest BCUT2D eigenvalue weighted by molar-refractivity contribution is 5.88. The lowest BCUT2D eigenvalue weighted by Crippen LogP contribution is -2.17. The average Bonchev–Trinajstić information content (AvgIpc) is 2.33. The van der Waals surface area contributed by atoms with Gasteiger partial charge in [0.05, 0.1) is 5.56 Å². The van der Waals surface area contributed by atoms with E-state index in [1.54, 1.807) is 19.2 Å². The van der Waals surface area contributed by atoms with E-state index < -0.39 is 5.97 Å². The van der Waals surface area contributed by atoms with Crippen molar-refractivity contribution in [3.8, 4) is 0 Å². The second-order valence-electron chi connectivity index (χ2n) is 5.45. The van der Waals surface area contributed by atoms with Gasteiger partial charge in [0, 0.05) is 31.4 Å². The van der Waals surface area contributed by atoms with Gasteiger partial charge in [-0.15, -0.1) is 0 Å². The van der Waals surface area contributed by atoms with Gasteiger partial charge in [0.15, 0.2) is 0 Å². The molecule has 2 N–H and O–H groups in total. The van der Waals surface area contributed by atoms with Gasteiger partial charge in [-0.05, 0) is 18.6 Å². The summed E-state index contributed by atoms with van der Waals surface area (Å²) in [6.45, 7) is 7.40. The predicted molar refractivity (Wildman–Crippen MR) is 74.9 cm³/mol. The lowest BCUT2D eigenvalue weighted by molar-refractivity contribution is 0.0696. The van der Waals surface area contributed by atoms with Crippen molar-refractivity contribution in [2.24, 2.45) is 0 Å². The minimum atomic E-state index is -0.937. The largest absolute Gasteiger partial charge is 0.478 e. The Morgan fingerprint density at radius 2 is 2.11 bits per heavy atom. The molecule has 0 amide bonds. The smallest absolute Gasteiger partial charge is 0.335 e. The fraction of sp³-hybridized carbons (Fsp3) is 0.571. The summed E-state index contributed by atoms with van der Waals surface area (Å²) in [5.74, 6) is -0.339. The van der Waals surface area contributed by atoms with Crippen LogP contribution in [0.1, 0.15) is 43.2 Å². The molecular formula is C14H22N2O3. The summed E-state index contributed by atoms with van der Waals surface area (Å²) in [5.41, 5.74) is 0.838. The zero-order chi connectivity index (χ0) is 14.5. The third kappa shape index (κ3) is 4.87. The van der Waals surface area contributed by atoms with E-state index in [2.05, 4.69) is 10.3 Å². The number of rotatable bonds is 6. The van der Waals surface area contributed by atoms with Crippen LogP contribution in [0.25, 0.3) is 0 Å². The molecule has 0 spiro atoms. The molecule has 0 aliphatic rings. The van der Waals surface area contributed by atoms with Gasteiger partial charge in [-0.1, -0.05) is 20.8 Å². The Morgan fingerprint density at radius 1 is 1.42 bits per heavy atom. The van der Waals surface area contributed by atoms with Crippen LogP contribution in [-0.4, -0.2) is 36.3 Å². The summed E-state index contributed by atoms with van der Waals surface area (Å²) >= 11 is 0. The first-order valence-electron chi connectivity index (χ1n) is 6.33. The Morgan fingerprint density at radius 3 is 2.63 bits per heavy atom. The number of ether oxygens (including phenoxy) is 1. The highest BCUT2D eigenvalue weighted by Gasteiger charge is 2.18. The third-order valence-electron chi connectivity index (χ3n) is 2.67. The minimum absolute atomic E-state index is 0.186. The maximum atomic E-state index is 11.1. The highest BCUT2D eigenvalue weighted by Crippen LogP contribution is 2.23. The zero-order valence-electron chi connectivity index (χ0n) is 12.0. The van der Waals surface area contributed by atoms with Crippen molar-refractivity contribution in [2.45, 2.75) is 32.6 Å². The maximum Gasteiger partial charge on any atom is 0.335 e.